The summed E-state index contributed by atoms with van der Waals surface area (Å²) in [6, 6.07) is 2.48. The molecule has 2 aliphatic rings. The Morgan fingerprint density at radius 1 is 0.939 bits per heavy atom. The quantitative estimate of drug-likeness (QED) is 0.331. The van der Waals surface area contributed by atoms with Crippen LogP contribution in [0.15, 0.2) is 17.0 Å². The SMILES string of the molecule is CCOc1c(S(=O)(=O)CC)ccc(C(=O)C2C(=O)CCCC2=O)c1Cl.O=C1CCCCC1=O. The lowest BCUT2D eigenvalue weighted by atomic mass is 9.81. The first kappa shape index (κ1) is 26.9. The third-order valence-electron chi connectivity index (χ3n) is 5.45. The van der Waals surface area contributed by atoms with E-state index < -0.39 is 33.1 Å². The first-order valence-electron chi connectivity index (χ1n) is 10.9. The molecule has 10 heteroatoms. The number of rotatable bonds is 6. The maximum absolute atomic E-state index is 12.7. The zero-order chi connectivity index (χ0) is 24.8. The molecular weight excluding hydrogens is 472 g/mol. The van der Waals surface area contributed by atoms with Crippen molar-refractivity contribution in [3.63, 3.8) is 0 Å². The topological polar surface area (TPSA) is 129 Å². The highest BCUT2D eigenvalue weighted by molar-refractivity contribution is 7.91. The van der Waals surface area contributed by atoms with E-state index in [1.807, 2.05) is 0 Å². The molecule has 0 atom stereocenters. The lowest BCUT2D eigenvalue weighted by Gasteiger charge is -2.20. The summed E-state index contributed by atoms with van der Waals surface area (Å²) in [5, 5.41) is -0.187. The molecule has 8 nitrogen and oxygen atoms in total. The van der Waals surface area contributed by atoms with Crippen LogP contribution in [0.5, 0.6) is 5.75 Å². The standard InChI is InChI=1S/C17H19ClO6S.C6H8O2/c1-3-24-17-13(25(22,23)4-2)9-8-10(15(17)18)16(21)14-11(19)6-5-7-12(14)20;7-5-3-1-2-4-6(5)8/h8-9,14H,3-7H2,1-2H3;1-4H2. The van der Waals surface area contributed by atoms with Crippen molar-refractivity contribution in [1.82, 2.24) is 0 Å². The lowest BCUT2D eigenvalue weighted by molar-refractivity contribution is -0.137. The minimum Gasteiger partial charge on any atom is -0.491 e. The van der Waals surface area contributed by atoms with E-state index in [9.17, 15) is 32.4 Å². The van der Waals surface area contributed by atoms with Gasteiger partial charge in [0.2, 0.25) is 0 Å². The summed E-state index contributed by atoms with van der Waals surface area (Å²) in [5.41, 5.74) is -0.0752. The molecule has 0 aliphatic heterocycles. The molecule has 0 radical (unpaired) electrons. The van der Waals surface area contributed by atoms with E-state index in [2.05, 4.69) is 0 Å². The van der Waals surface area contributed by atoms with E-state index in [0.717, 1.165) is 12.8 Å². The van der Waals surface area contributed by atoms with Gasteiger partial charge in [-0.15, -0.1) is 0 Å². The van der Waals surface area contributed by atoms with E-state index >= 15 is 0 Å². The summed E-state index contributed by atoms with van der Waals surface area (Å²) in [5.74, 6) is -3.55. The molecule has 0 N–H and O–H groups in total. The zero-order valence-corrected chi connectivity index (χ0v) is 20.2. The van der Waals surface area contributed by atoms with Gasteiger partial charge < -0.3 is 4.74 Å². The number of hydrogen-bond acceptors (Lipinski definition) is 8. The molecule has 0 heterocycles. The Bertz CT molecular complexity index is 1040. The molecule has 0 aromatic heterocycles. The molecule has 33 heavy (non-hydrogen) atoms. The van der Waals surface area contributed by atoms with Crippen molar-refractivity contribution in [2.75, 3.05) is 12.4 Å². The number of sulfone groups is 1. The fourth-order valence-corrected chi connectivity index (χ4v) is 5.01. The second kappa shape index (κ2) is 11.7. The normalized spacial score (nSPS) is 17.4. The third kappa shape index (κ3) is 6.35. The number of Topliss-reactive ketones (excluding diaryl/α,β-unsaturated/α-hetero) is 5. The van der Waals surface area contributed by atoms with Crippen molar-refractivity contribution in [3.05, 3.63) is 22.7 Å². The van der Waals surface area contributed by atoms with Crippen LogP contribution in [0.1, 0.15) is 69.2 Å². The smallest absolute Gasteiger partial charge is 0.198 e. The third-order valence-corrected chi connectivity index (χ3v) is 7.58. The van der Waals surface area contributed by atoms with E-state index in [0.29, 0.717) is 19.3 Å². The van der Waals surface area contributed by atoms with Gasteiger partial charge in [-0.25, -0.2) is 8.42 Å². The van der Waals surface area contributed by atoms with E-state index in [1.54, 1.807) is 6.92 Å². The van der Waals surface area contributed by atoms with Crippen LogP contribution in [-0.2, 0) is 29.0 Å². The van der Waals surface area contributed by atoms with E-state index in [1.165, 1.54) is 19.1 Å². The van der Waals surface area contributed by atoms with Crippen molar-refractivity contribution in [3.8, 4) is 5.75 Å². The fourth-order valence-electron chi connectivity index (χ4n) is 3.61. The van der Waals surface area contributed by atoms with Crippen LogP contribution >= 0.6 is 11.6 Å². The Balaban J connectivity index is 0.000000405. The highest BCUT2D eigenvalue weighted by Crippen LogP contribution is 2.37. The number of halogens is 1. The highest BCUT2D eigenvalue weighted by Gasteiger charge is 2.38. The van der Waals surface area contributed by atoms with Crippen molar-refractivity contribution in [2.24, 2.45) is 5.92 Å². The zero-order valence-electron chi connectivity index (χ0n) is 18.6. The van der Waals surface area contributed by atoms with Gasteiger partial charge in [0.15, 0.2) is 44.5 Å². The number of carbonyl (C=O) groups excluding carboxylic acids is 5. The fraction of sp³-hybridized carbons (Fsp3) is 0.522. The van der Waals surface area contributed by atoms with Crippen LogP contribution in [0, 0.1) is 5.92 Å². The molecule has 0 amide bonds. The Morgan fingerprint density at radius 2 is 1.48 bits per heavy atom. The molecule has 3 rings (SSSR count). The van der Waals surface area contributed by atoms with Crippen molar-refractivity contribution >= 4 is 50.4 Å². The van der Waals surface area contributed by atoms with Gasteiger partial charge in [-0.2, -0.15) is 0 Å². The van der Waals surface area contributed by atoms with Gasteiger partial charge in [0.05, 0.1) is 17.4 Å². The highest BCUT2D eigenvalue weighted by atomic mass is 35.5. The monoisotopic (exact) mass is 498 g/mol. The average molecular weight is 499 g/mol. The average Bonchev–Trinajstić information content (AvgIpc) is 2.77. The summed E-state index contributed by atoms with van der Waals surface area (Å²) >= 11 is 6.23. The van der Waals surface area contributed by atoms with Gasteiger partial charge in [0, 0.05) is 31.2 Å². The largest absolute Gasteiger partial charge is 0.491 e. The summed E-state index contributed by atoms with van der Waals surface area (Å²) in [6.45, 7) is 3.28. The molecular formula is C23H27ClO8S. The molecule has 0 unspecified atom stereocenters. The maximum atomic E-state index is 12.7. The van der Waals surface area contributed by atoms with Crippen molar-refractivity contribution < 1.29 is 37.1 Å². The molecule has 2 aliphatic carbocycles. The van der Waals surface area contributed by atoms with Gasteiger partial charge in [0.25, 0.3) is 0 Å². The molecule has 0 spiro atoms. The van der Waals surface area contributed by atoms with Crippen LogP contribution in [0.4, 0.5) is 0 Å². The minimum atomic E-state index is -3.62. The Labute approximate surface area is 197 Å². The molecule has 2 saturated carbocycles. The minimum absolute atomic E-state index is 0.0752. The molecule has 1 aromatic carbocycles. The first-order chi connectivity index (χ1) is 15.5. The Kier molecular flexibility index (Phi) is 9.48. The van der Waals surface area contributed by atoms with Crippen LogP contribution in [0.25, 0.3) is 0 Å². The summed E-state index contributed by atoms with van der Waals surface area (Å²) in [6.07, 6.45) is 3.56. The number of carbonyl (C=O) groups is 5. The van der Waals surface area contributed by atoms with Crippen LogP contribution < -0.4 is 4.74 Å². The second-order valence-corrected chi connectivity index (χ2v) is 10.4. The molecule has 2 fully saturated rings. The number of benzene rings is 1. The summed E-state index contributed by atoms with van der Waals surface area (Å²) in [4.78, 5) is 57.5. The van der Waals surface area contributed by atoms with Gasteiger partial charge in [-0.1, -0.05) is 18.5 Å². The predicted octanol–water partition coefficient (Wildman–Crippen LogP) is 3.35. The number of ketones is 5. The van der Waals surface area contributed by atoms with Crippen LogP contribution in [-0.4, -0.2) is 49.7 Å². The maximum Gasteiger partial charge on any atom is 0.198 e. The lowest BCUT2D eigenvalue weighted by Crippen LogP contribution is -2.35. The van der Waals surface area contributed by atoms with Gasteiger partial charge in [0.1, 0.15) is 10.8 Å². The molecule has 1 aromatic rings. The van der Waals surface area contributed by atoms with E-state index in [4.69, 9.17) is 16.3 Å². The van der Waals surface area contributed by atoms with Crippen molar-refractivity contribution in [1.29, 1.82) is 0 Å². The predicted molar refractivity (Wildman–Crippen MR) is 121 cm³/mol. The summed E-state index contributed by atoms with van der Waals surface area (Å²) in [7, 11) is -3.62. The molecule has 0 saturated heterocycles. The van der Waals surface area contributed by atoms with Gasteiger partial charge in [-0.3, -0.25) is 24.0 Å². The molecule has 180 valence electrons. The van der Waals surface area contributed by atoms with Crippen LogP contribution in [0.3, 0.4) is 0 Å². The van der Waals surface area contributed by atoms with Gasteiger partial charge in [-0.05, 0) is 38.3 Å². The summed E-state index contributed by atoms with van der Waals surface area (Å²) < 4.78 is 29.8. The van der Waals surface area contributed by atoms with Crippen LogP contribution in [0.2, 0.25) is 5.02 Å². The molecule has 0 bridgehead atoms. The van der Waals surface area contributed by atoms with Crippen molar-refractivity contribution in [2.45, 2.75) is 63.7 Å². The second-order valence-electron chi connectivity index (χ2n) is 7.73. The Hall–Kier alpha value is -2.39. The number of ether oxygens (including phenoxy) is 1. The first-order valence-corrected chi connectivity index (χ1v) is 12.9. The van der Waals surface area contributed by atoms with Gasteiger partial charge >= 0.3 is 0 Å². The Morgan fingerprint density at radius 3 is 1.94 bits per heavy atom. The number of hydrogen-bond donors (Lipinski definition) is 0. The van der Waals surface area contributed by atoms with E-state index in [-0.39, 0.29) is 58.0 Å².